The van der Waals surface area contributed by atoms with E-state index in [1.807, 2.05) is 0 Å². The molecule has 1 saturated heterocycles. The number of hydrogen-bond acceptors (Lipinski definition) is 0. The molecule has 7 heavy (non-hydrogen) atoms. The first-order valence-corrected chi connectivity index (χ1v) is 6.08. The van der Waals surface area contributed by atoms with Crippen LogP contribution in [0.1, 0.15) is 13.8 Å². The molecule has 2 unspecified atom stereocenters. The topological polar surface area (TPSA) is 0 Å². The van der Waals surface area contributed by atoms with E-state index in [4.69, 9.17) is 0 Å². The van der Waals surface area contributed by atoms with E-state index in [2.05, 4.69) is 13.8 Å². The molecular formula is C5H12P2. The van der Waals surface area contributed by atoms with Gasteiger partial charge in [0.1, 0.15) is 0 Å². The van der Waals surface area contributed by atoms with Gasteiger partial charge in [0.05, 0.1) is 0 Å². The molecule has 1 fully saturated rings. The molecule has 0 bridgehead atoms. The van der Waals surface area contributed by atoms with Crippen molar-refractivity contribution in [3.8, 4) is 0 Å². The highest BCUT2D eigenvalue weighted by Crippen LogP contribution is 2.52. The molecule has 0 aromatic rings. The van der Waals surface area contributed by atoms with E-state index >= 15 is 0 Å². The predicted octanol–water partition coefficient (Wildman–Crippen LogP) is 2.30. The van der Waals surface area contributed by atoms with Crippen LogP contribution in [0.2, 0.25) is 0 Å². The maximum Gasteiger partial charge on any atom is -0.0262 e. The summed E-state index contributed by atoms with van der Waals surface area (Å²) in [6.07, 6.45) is 2.98. The SMILES string of the molecule is CC1(C)CPPC1. The summed E-state index contributed by atoms with van der Waals surface area (Å²) < 4.78 is 0. The van der Waals surface area contributed by atoms with Gasteiger partial charge in [0, 0.05) is 0 Å². The Morgan fingerprint density at radius 1 is 1.14 bits per heavy atom. The fourth-order valence-electron chi connectivity index (χ4n) is 0.666. The monoisotopic (exact) mass is 134 g/mol. The average molecular weight is 134 g/mol. The summed E-state index contributed by atoms with van der Waals surface area (Å²) in [4.78, 5) is 0. The first-order valence-electron chi connectivity index (χ1n) is 2.66. The van der Waals surface area contributed by atoms with E-state index in [0.717, 1.165) is 5.41 Å². The van der Waals surface area contributed by atoms with E-state index in [9.17, 15) is 0 Å². The van der Waals surface area contributed by atoms with Crippen LogP contribution in [0.3, 0.4) is 0 Å². The predicted molar refractivity (Wildman–Crippen MR) is 40.1 cm³/mol. The van der Waals surface area contributed by atoms with Crippen LogP contribution in [0.5, 0.6) is 0 Å². The summed E-state index contributed by atoms with van der Waals surface area (Å²) in [7, 11) is 2.58. The zero-order valence-corrected chi connectivity index (χ0v) is 6.91. The van der Waals surface area contributed by atoms with Crippen molar-refractivity contribution in [3.05, 3.63) is 0 Å². The summed E-state index contributed by atoms with van der Waals surface area (Å²) in [5, 5.41) is 0. The molecule has 0 aromatic carbocycles. The first kappa shape index (κ1) is 5.99. The van der Waals surface area contributed by atoms with E-state index in [1.165, 1.54) is 28.9 Å². The fourth-order valence-corrected chi connectivity index (χ4v) is 5.99. The second-order valence-corrected chi connectivity index (χ2v) is 6.41. The third-order valence-electron chi connectivity index (χ3n) is 1.26. The Bertz CT molecular complexity index is 60.5. The molecule has 0 nitrogen and oxygen atoms in total. The lowest BCUT2D eigenvalue weighted by atomic mass is 10.0. The van der Waals surface area contributed by atoms with Crippen LogP contribution in [0, 0.1) is 5.41 Å². The average Bonchev–Trinajstić information content (AvgIpc) is 1.84. The van der Waals surface area contributed by atoms with Crippen LogP contribution in [0.4, 0.5) is 0 Å². The van der Waals surface area contributed by atoms with E-state index < -0.39 is 0 Å². The summed E-state index contributed by atoms with van der Waals surface area (Å²) in [5.41, 5.74) is 0.719. The van der Waals surface area contributed by atoms with Crippen LogP contribution >= 0.6 is 16.5 Å². The standard InChI is InChI=1S/C5H12P2/c1-5(2)3-6-7-4-5/h6-7H,3-4H2,1-2H3. The maximum atomic E-state index is 2.38. The highest BCUT2D eigenvalue weighted by molar-refractivity contribution is 8.12. The van der Waals surface area contributed by atoms with Gasteiger partial charge in [-0.15, -0.1) is 0 Å². The van der Waals surface area contributed by atoms with Crippen molar-refractivity contribution in [1.29, 1.82) is 0 Å². The Balaban J connectivity index is 2.40. The number of hydrogen-bond donors (Lipinski definition) is 0. The van der Waals surface area contributed by atoms with Crippen LogP contribution in [0.15, 0.2) is 0 Å². The summed E-state index contributed by atoms with van der Waals surface area (Å²) in [6, 6.07) is 0. The van der Waals surface area contributed by atoms with Crippen LogP contribution in [-0.4, -0.2) is 12.3 Å². The van der Waals surface area contributed by atoms with E-state index in [1.54, 1.807) is 0 Å². The minimum absolute atomic E-state index is 0.719. The van der Waals surface area contributed by atoms with Crippen LogP contribution < -0.4 is 0 Å². The van der Waals surface area contributed by atoms with Gasteiger partial charge in [-0.2, -0.15) is 0 Å². The third kappa shape index (κ3) is 1.67. The largest absolute Gasteiger partial charge is 0.0987 e. The highest BCUT2D eigenvalue weighted by atomic mass is 32.0. The summed E-state index contributed by atoms with van der Waals surface area (Å²) in [6.45, 7) is 4.75. The first-order chi connectivity index (χ1) is 3.21. The zero-order valence-electron chi connectivity index (χ0n) is 4.91. The lowest BCUT2D eigenvalue weighted by molar-refractivity contribution is 0.496. The highest BCUT2D eigenvalue weighted by Gasteiger charge is 2.21. The minimum atomic E-state index is 0.719. The molecule has 1 aliphatic rings. The number of rotatable bonds is 0. The third-order valence-corrected chi connectivity index (χ3v) is 5.59. The van der Waals surface area contributed by atoms with Crippen molar-refractivity contribution in [3.63, 3.8) is 0 Å². The van der Waals surface area contributed by atoms with Gasteiger partial charge in [-0.25, -0.2) is 0 Å². The molecule has 0 aliphatic carbocycles. The van der Waals surface area contributed by atoms with Gasteiger partial charge in [-0.05, 0) is 17.7 Å². The van der Waals surface area contributed by atoms with Gasteiger partial charge in [0.25, 0.3) is 0 Å². The normalized spacial score (nSPS) is 35.1. The van der Waals surface area contributed by atoms with Gasteiger partial charge in [-0.1, -0.05) is 30.4 Å². The van der Waals surface area contributed by atoms with Gasteiger partial charge in [0.2, 0.25) is 0 Å². The van der Waals surface area contributed by atoms with Crippen LogP contribution in [-0.2, 0) is 0 Å². The maximum absolute atomic E-state index is 2.38. The molecule has 1 aliphatic heterocycles. The Morgan fingerprint density at radius 2 is 1.57 bits per heavy atom. The minimum Gasteiger partial charge on any atom is -0.0987 e. The molecule has 0 N–H and O–H groups in total. The van der Waals surface area contributed by atoms with Crippen LogP contribution in [0.25, 0.3) is 0 Å². The van der Waals surface area contributed by atoms with Gasteiger partial charge in [-0.3, -0.25) is 0 Å². The molecule has 0 radical (unpaired) electrons. The van der Waals surface area contributed by atoms with E-state index in [-0.39, 0.29) is 0 Å². The van der Waals surface area contributed by atoms with Crippen molar-refractivity contribution in [2.45, 2.75) is 13.8 Å². The summed E-state index contributed by atoms with van der Waals surface area (Å²) in [5.74, 6) is 0. The lowest BCUT2D eigenvalue weighted by Gasteiger charge is -2.12. The molecule has 1 heterocycles. The Labute approximate surface area is 48.9 Å². The van der Waals surface area contributed by atoms with Gasteiger partial charge >= 0.3 is 0 Å². The molecule has 0 spiro atoms. The second-order valence-electron chi connectivity index (χ2n) is 2.87. The molecule has 42 valence electrons. The van der Waals surface area contributed by atoms with Crippen molar-refractivity contribution in [2.75, 3.05) is 12.3 Å². The van der Waals surface area contributed by atoms with Crippen molar-refractivity contribution in [1.82, 2.24) is 0 Å². The van der Waals surface area contributed by atoms with E-state index in [0.29, 0.717) is 0 Å². The van der Waals surface area contributed by atoms with Gasteiger partial charge < -0.3 is 0 Å². The quantitative estimate of drug-likeness (QED) is 0.446. The molecule has 2 heteroatoms. The van der Waals surface area contributed by atoms with Crippen molar-refractivity contribution >= 4 is 16.5 Å². The van der Waals surface area contributed by atoms with Crippen molar-refractivity contribution in [2.24, 2.45) is 5.41 Å². The Kier molecular flexibility index (Phi) is 1.71. The van der Waals surface area contributed by atoms with Gasteiger partial charge in [0.15, 0.2) is 0 Å². The fraction of sp³-hybridized carbons (Fsp3) is 1.00. The molecule has 0 amide bonds. The molecule has 0 aromatic heterocycles. The smallest absolute Gasteiger partial charge is 0.0262 e. The molecule has 2 atom stereocenters. The summed E-state index contributed by atoms with van der Waals surface area (Å²) >= 11 is 0. The lowest BCUT2D eigenvalue weighted by Crippen LogP contribution is -2.10. The Morgan fingerprint density at radius 3 is 1.71 bits per heavy atom. The second kappa shape index (κ2) is 2.00. The molecular weight excluding hydrogens is 122 g/mol. The van der Waals surface area contributed by atoms with Crippen molar-refractivity contribution < 1.29 is 0 Å². The molecule has 0 saturated carbocycles. The zero-order chi connectivity index (χ0) is 5.33. The Hall–Kier alpha value is 0.860. The molecule has 1 rings (SSSR count).